The molecule has 1 saturated heterocycles. The number of rotatable bonds is 3. The summed E-state index contributed by atoms with van der Waals surface area (Å²) < 4.78 is 0. The zero-order valence-corrected chi connectivity index (χ0v) is 12.8. The average Bonchev–Trinajstić information content (AvgIpc) is 2.96. The van der Waals surface area contributed by atoms with E-state index in [0.717, 1.165) is 18.5 Å². The number of likely N-dealkylation sites (tertiary alicyclic amines) is 1. The first-order valence-corrected chi connectivity index (χ1v) is 7.74. The summed E-state index contributed by atoms with van der Waals surface area (Å²) in [7, 11) is 0. The lowest BCUT2D eigenvalue weighted by atomic mass is 9.93. The standard InChI is InChI=1S/C18H21N3O/c1-14-17(16-7-3-2-4-8-16)9-11-21(14)18(22)20-13-15-6-5-10-19-12-15/h2-8,10,12,14,17H,9,11,13H2,1H3,(H,20,22). The molecule has 0 saturated carbocycles. The van der Waals surface area contributed by atoms with Crippen LogP contribution in [0.1, 0.15) is 30.4 Å². The molecule has 0 aliphatic carbocycles. The van der Waals surface area contributed by atoms with Crippen LogP contribution < -0.4 is 5.32 Å². The van der Waals surface area contributed by atoms with Crippen molar-refractivity contribution in [2.45, 2.75) is 31.8 Å². The van der Waals surface area contributed by atoms with Gasteiger partial charge in [0.05, 0.1) is 0 Å². The fourth-order valence-corrected chi connectivity index (χ4v) is 3.15. The Morgan fingerprint density at radius 3 is 2.82 bits per heavy atom. The zero-order chi connectivity index (χ0) is 15.4. The number of pyridine rings is 1. The maximum absolute atomic E-state index is 12.4. The second-order valence-electron chi connectivity index (χ2n) is 5.76. The predicted molar refractivity (Wildman–Crippen MR) is 86.4 cm³/mol. The summed E-state index contributed by atoms with van der Waals surface area (Å²) in [5, 5.41) is 2.99. The van der Waals surface area contributed by atoms with Gasteiger partial charge in [0.15, 0.2) is 0 Å². The third-order valence-electron chi connectivity index (χ3n) is 4.41. The minimum Gasteiger partial charge on any atom is -0.334 e. The van der Waals surface area contributed by atoms with E-state index in [9.17, 15) is 4.79 Å². The summed E-state index contributed by atoms with van der Waals surface area (Å²) in [5.41, 5.74) is 2.33. The molecule has 2 heterocycles. The summed E-state index contributed by atoms with van der Waals surface area (Å²) in [6.07, 6.45) is 4.53. The van der Waals surface area contributed by atoms with Crippen LogP contribution in [0.3, 0.4) is 0 Å². The zero-order valence-electron chi connectivity index (χ0n) is 12.8. The molecule has 114 valence electrons. The van der Waals surface area contributed by atoms with E-state index in [0.29, 0.717) is 12.5 Å². The molecule has 1 aliphatic rings. The Labute approximate surface area is 131 Å². The van der Waals surface area contributed by atoms with Crippen molar-refractivity contribution in [1.29, 1.82) is 0 Å². The molecule has 1 aromatic heterocycles. The lowest BCUT2D eigenvalue weighted by Gasteiger charge is -2.25. The van der Waals surface area contributed by atoms with Crippen LogP contribution in [0.4, 0.5) is 4.79 Å². The van der Waals surface area contributed by atoms with Crippen LogP contribution in [-0.2, 0) is 6.54 Å². The van der Waals surface area contributed by atoms with Gasteiger partial charge >= 0.3 is 6.03 Å². The van der Waals surface area contributed by atoms with E-state index in [4.69, 9.17) is 0 Å². The molecule has 4 heteroatoms. The number of amides is 2. The topological polar surface area (TPSA) is 45.2 Å². The molecule has 2 atom stereocenters. The van der Waals surface area contributed by atoms with Gasteiger partial charge in [0.1, 0.15) is 0 Å². The lowest BCUT2D eigenvalue weighted by molar-refractivity contribution is 0.193. The van der Waals surface area contributed by atoms with Gasteiger partial charge in [0, 0.05) is 37.4 Å². The highest BCUT2D eigenvalue weighted by Crippen LogP contribution is 2.33. The molecular weight excluding hydrogens is 274 g/mol. The van der Waals surface area contributed by atoms with Crippen LogP contribution >= 0.6 is 0 Å². The quantitative estimate of drug-likeness (QED) is 0.945. The minimum atomic E-state index is 0.00906. The van der Waals surface area contributed by atoms with Crippen molar-refractivity contribution in [2.75, 3.05) is 6.54 Å². The van der Waals surface area contributed by atoms with Gasteiger partial charge < -0.3 is 10.2 Å². The molecule has 1 N–H and O–H groups in total. The van der Waals surface area contributed by atoms with Gasteiger partial charge in [-0.2, -0.15) is 0 Å². The number of benzene rings is 1. The number of nitrogens with zero attached hydrogens (tertiary/aromatic N) is 2. The number of carbonyl (C=O) groups is 1. The summed E-state index contributed by atoms with van der Waals surface area (Å²) >= 11 is 0. The van der Waals surface area contributed by atoms with Crippen molar-refractivity contribution in [3.63, 3.8) is 0 Å². The highest BCUT2D eigenvalue weighted by molar-refractivity contribution is 5.75. The Morgan fingerprint density at radius 2 is 2.09 bits per heavy atom. The van der Waals surface area contributed by atoms with E-state index in [1.54, 1.807) is 12.4 Å². The number of hydrogen-bond acceptors (Lipinski definition) is 2. The van der Waals surface area contributed by atoms with Crippen LogP contribution in [0.2, 0.25) is 0 Å². The second kappa shape index (κ2) is 6.60. The maximum Gasteiger partial charge on any atom is 0.317 e. The number of carbonyl (C=O) groups excluding carboxylic acids is 1. The molecule has 2 aromatic rings. The fourth-order valence-electron chi connectivity index (χ4n) is 3.15. The second-order valence-corrected chi connectivity index (χ2v) is 5.76. The van der Waals surface area contributed by atoms with Crippen LogP contribution in [-0.4, -0.2) is 28.5 Å². The molecule has 1 aliphatic heterocycles. The van der Waals surface area contributed by atoms with Gasteiger partial charge in [0.25, 0.3) is 0 Å². The summed E-state index contributed by atoms with van der Waals surface area (Å²) in [6.45, 7) is 3.46. The monoisotopic (exact) mass is 295 g/mol. The van der Waals surface area contributed by atoms with Crippen LogP contribution in [0.5, 0.6) is 0 Å². The molecule has 3 rings (SSSR count). The van der Waals surface area contributed by atoms with Crippen molar-refractivity contribution in [3.8, 4) is 0 Å². The van der Waals surface area contributed by atoms with Crippen molar-refractivity contribution in [3.05, 3.63) is 66.0 Å². The Kier molecular flexibility index (Phi) is 4.37. The smallest absolute Gasteiger partial charge is 0.317 e. The SMILES string of the molecule is CC1C(c2ccccc2)CCN1C(=O)NCc1cccnc1. The van der Waals surface area contributed by atoms with Gasteiger partial charge in [-0.05, 0) is 30.5 Å². The van der Waals surface area contributed by atoms with E-state index in [2.05, 4.69) is 41.5 Å². The van der Waals surface area contributed by atoms with Crippen LogP contribution in [0.25, 0.3) is 0 Å². The predicted octanol–water partition coefficient (Wildman–Crippen LogP) is 3.17. The Balaban J connectivity index is 1.60. The molecule has 0 radical (unpaired) electrons. The summed E-state index contributed by atoms with van der Waals surface area (Å²) in [4.78, 5) is 18.4. The Bertz CT molecular complexity index is 615. The average molecular weight is 295 g/mol. The first-order chi connectivity index (χ1) is 10.8. The molecule has 22 heavy (non-hydrogen) atoms. The van der Waals surface area contributed by atoms with E-state index < -0.39 is 0 Å². The van der Waals surface area contributed by atoms with Crippen LogP contribution in [0.15, 0.2) is 54.9 Å². The van der Waals surface area contributed by atoms with Crippen LogP contribution in [0, 0.1) is 0 Å². The normalized spacial score (nSPS) is 20.9. The Morgan fingerprint density at radius 1 is 1.27 bits per heavy atom. The van der Waals surface area contributed by atoms with E-state index in [1.165, 1.54) is 5.56 Å². The van der Waals surface area contributed by atoms with Crippen molar-refractivity contribution < 1.29 is 4.79 Å². The van der Waals surface area contributed by atoms with Gasteiger partial charge in [-0.25, -0.2) is 4.79 Å². The number of hydrogen-bond donors (Lipinski definition) is 1. The molecule has 2 amide bonds. The van der Waals surface area contributed by atoms with Gasteiger partial charge in [-0.3, -0.25) is 4.98 Å². The Hall–Kier alpha value is -2.36. The highest BCUT2D eigenvalue weighted by atomic mass is 16.2. The van der Waals surface area contributed by atoms with Crippen molar-refractivity contribution in [2.24, 2.45) is 0 Å². The number of nitrogens with one attached hydrogen (secondary N) is 1. The number of urea groups is 1. The molecule has 0 spiro atoms. The molecule has 4 nitrogen and oxygen atoms in total. The summed E-state index contributed by atoms with van der Waals surface area (Å²) in [6, 6.07) is 14.5. The van der Waals surface area contributed by atoms with Gasteiger partial charge in [-0.1, -0.05) is 36.4 Å². The fraction of sp³-hybridized carbons (Fsp3) is 0.333. The molecule has 2 unspecified atom stereocenters. The molecular formula is C18H21N3O. The molecule has 1 fully saturated rings. The number of aromatic nitrogens is 1. The van der Waals surface area contributed by atoms with E-state index in [-0.39, 0.29) is 12.1 Å². The first-order valence-electron chi connectivity index (χ1n) is 7.74. The molecule has 1 aromatic carbocycles. The lowest BCUT2D eigenvalue weighted by Crippen LogP contribution is -2.42. The van der Waals surface area contributed by atoms with E-state index >= 15 is 0 Å². The first kappa shape index (κ1) is 14.6. The largest absolute Gasteiger partial charge is 0.334 e. The highest BCUT2D eigenvalue weighted by Gasteiger charge is 2.34. The van der Waals surface area contributed by atoms with Gasteiger partial charge in [0.2, 0.25) is 0 Å². The van der Waals surface area contributed by atoms with Crippen molar-refractivity contribution in [1.82, 2.24) is 15.2 Å². The summed E-state index contributed by atoms with van der Waals surface area (Å²) in [5.74, 6) is 0.422. The minimum absolute atomic E-state index is 0.00906. The van der Waals surface area contributed by atoms with Gasteiger partial charge in [-0.15, -0.1) is 0 Å². The maximum atomic E-state index is 12.4. The third kappa shape index (κ3) is 3.11. The van der Waals surface area contributed by atoms with E-state index in [1.807, 2.05) is 23.1 Å². The molecule has 0 bridgehead atoms. The third-order valence-corrected chi connectivity index (χ3v) is 4.41. The van der Waals surface area contributed by atoms with Crippen molar-refractivity contribution >= 4 is 6.03 Å².